The normalized spacial score (nSPS) is 22.1. The van der Waals surface area contributed by atoms with E-state index in [-0.39, 0.29) is 11.8 Å². The summed E-state index contributed by atoms with van der Waals surface area (Å²) >= 11 is 0. The smallest absolute Gasteiger partial charge is 0.253 e. The Balaban J connectivity index is 1.86. The lowest BCUT2D eigenvalue weighted by Gasteiger charge is -2.36. The van der Waals surface area contributed by atoms with Crippen LogP contribution in [0.15, 0.2) is 33.7 Å². The third-order valence-electron chi connectivity index (χ3n) is 4.43. The number of benzene rings is 1. The summed E-state index contributed by atoms with van der Waals surface area (Å²) in [7, 11) is 0. The molecule has 0 aliphatic carbocycles. The van der Waals surface area contributed by atoms with Crippen molar-refractivity contribution in [2.75, 3.05) is 13.1 Å². The van der Waals surface area contributed by atoms with Gasteiger partial charge in [0, 0.05) is 38.0 Å². The Bertz CT molecular complexity index is 754. The van der Waals surface area contributed by atoms with E-state index in [0.29, 0.717) is 30.6 Å². The highest BCUT2D eigenvalue weighted by atomic mass is 19.3. The van der Waals surface area contributed by atoms with Crippen molar-refractivity contribution in [3.63, 3.8) is 0 Å². The quantitative estimate of drug-likeness (QED) is 0.850. The molecule has 1 aliphatic rings. The van der Waals surface area contributed by atoms with E-state index >= 15 is 0 Å². The third-order valence-corrected chi connectivity index (χ3v) is 4.43. The second kappa shape index (κ2) is 5.47. The van der Waals surface area contributed by atoms with Crippen molar-refractivity contribution >= 4 is 11.0 Å². The zero-order valence-electron chi connectivity index (χ0n) is 12.7. The first-order chi connectivity index (χ1) is 10.4. The molecule has 2 heterocycles. The van der Waals surface area contributed by atoms with Crippen LogP contribution in [-0.4, -0.2) is 23.9 Å². The second-order valence-electron chi connectivity index (χ2n) is 6.22. The van der Waals surface area contributed by atoms with Gasteiger partial charge in [-0.25, -0.2) is 8.78 Å². The fraction of sp³-hybridized carbons (Fsp3) is 0.471. The molecule has 0 saturated carbocycles. The maximum atomic E-state index is 13.6. The first-order valence-electron chi connectivity index (χ1n) is 7.48. The molecule has 0 spiro atoms. The van der Waals surface area contributed by atoms with Crippen LogP contribution in [0, 0.1) is 12.8 Å². The zero-order chi connectivity index (χ0) is 15.9. The van der Waals surface area contributed by atoms with Crippen LogP contribution in [0.4, 0.5) is 8.78 Å². The Labute approximate surface area is 127 Å². The van der Waals surface area contributed by atoms with Crippen LogP contribution in [0.1, 0.15) is 24.5 Å². The van der Waals surface area contributed by atoms with Crippen molar-refractivity contribution in [1.82, 2.24) is 4.90 Å². The molecule has 0 amide bonds. The van der Waals surface area contributed by atoms with Gasteiger partial charge in [-0.15, -0.1) is 0 Å². The first-order valence-corrected chi connectivity index (χ1v) is 7.48. The molecule has 1 aliphatic heterocycles. The lowest BCUT2D eigenvalue weighted by atomic mass is 9.95. The lowest BCUT2D eigenvalue weighted by molar-refractivity contribution is -0.100. The minimum Gasteiger partial charge on any atom is -0.464 e. The average Bonchev–Trinajstić information content (AvgIpc) is 2.45. The number of piperidine rings is 1. The van der Waals surface area contributed by atoms with Gasteiger partial charge in [-0.05, 0) is 24.1 Å². The van der Waals surface area contributed by atoms with Gasteiger partial charge in [0.15, 0.2) is 5.43 Å². The van der Waals surface area contributed by atoms with E-state index in [2.05, 4.69) is 0 Å². The molecule has 3 rings (SSSR count). The minimum absolute atomic E-state index is 0.0789. The highest BCUT2D eigenvalue weighted by molar-refractivity contribution is 5.80. The van der Waals surface area contributed by atoms with Crippen molar-refractivity contribution in [2.45, 2.75) is 32.7 Å². The van der Waals surface area contributed by atoms with Gasteiger partial charge in [-0.2, -0.15) is 0 Å². The fourth-order valence-corrected chi connectivity index (χ4v) is 3.10. The van der Waals surface area contributed by atoms with Gasteiger partial charge in [0.1, 0.15) is 5.58 Å². The summed E-state index contributed by atoms with van der Waals surface area (Å²) in [5.41, 5.74) is 2.36. The van der Waals surface area contributed by atoms with E-state index in [9.17, 15) is 13.6 Å². The van der Waals surface area contributed by atoms with Gasteiger partial charge in [-0.1, -0.05) is 13.0 Å². The van der Waals surface area contributed by atoms with Crippen LogP contribution in [0.2, 0.25) is 0 Å². The average molecular weight is 307 g/mol. The van der Waals surface area contributed by atoms with Crippen molar-refractivity contribution in [3.8, 4) is 0 Å². The number of aryl methyl sites for hydroxylation is 1. The molecule has 5 heteroatoms. The van der Waals surface area contributed by atoms with Gasteiger partial charge >= 0.3 is 0 Å². The molecular formula is C17H19F2NO2. The van der Waals surface area contributed by atoms with Crippen LogP contribution in [-0.2, 0) is 6.54 Å². The van der Waals surface area contributed by atoms with Crippen LogP contribution in [0.5, 0.6) is 0 Å². The van der Waals surface area contributed by atoms with Gasteiger partial charge in [-0.3, -0.25) is 9.69 Å². The number of hydrogen-bond donors (Lipinski definition) is 0. The Morgan fingerprint density at radius 2 is 2.18 bits per heavy atom. The maximum Gasteiger partial charge on any atom is 0.253 e. The van der Waals surface area contributed by atoms with Crippen LogP contribution in [0.25, 0.3) is 11.0 Å². The first kappa shape index (κ1) is 15.2. The number of nitrogens with zero attached hydrogens (tertiary/aromatic N) is 1. The molecule has 1 atom stereocenters. The molecule has 1 aromatic carbocycles. The fourth-order valence-electron chi connectivity index (χ4n) is 3.10. The summed E-state index contributed by atoms with van der Waals surface area (Å²) in [5, 5.41) is 0.549. The molecule has 0 unspecified atom stereocenters. The summed E-state index contributed by atoms with van der Waals surface area (Å²) in [6.07, 6.45) is 1.29. The predicted molar refractivity (Wildman–Crippen MR) is 81.2 cm³/mol. The highest BCUT2D eigenvalue weighted by Gasteiger charge is 2.40. The summed E-state index contributed by atoms with van der Waals surface area (Å²) in [6, 6.07) is 5.17. The Hall–Kier alpha value is -1.75. The summed E-state index contributed by atoms with van der Waals surface area (Å²) < 4.78 is 32.5. The molecule has 0 bridgehead atoms. The van der Waals surface area contributed by atoms with Crippen LogP contribution in [0.3, 0.4) is 0 Å². The Morgan fingerprint density at radius 3 is 2.91 bits per heavy atom. The van der Waals surface area contributed by atoms with Gasteiger partial charge in [0.2, 0.25) is 0 Å². The molecule has 0 N–H and O–H groups in total. The van der Waals surface area contributed by atoms with Gasteiger partial charge in [0.05, 0.1) is 11.6 Å². The van der Waals surface area contributed by atoms with Crippen molar-refractivity contribution in [2.24, 2.45) is 5.92 Å². The van der Waals surface area contributed by atoms with Crippen molar-refractivity contribution in [3.05, 3.63) is 45.8 Å². The van der Waals surface area contributed by atoms with Crippen molar-refractivity contribution < 1.29 is 13.2 Å². The molecular weight excluding hydrogens is 288 g/mol. The molecule has 3 nitrogen and oxygen atoms in total. The topological polar surface area (TPSA) is 33.5 Å². The van der Waals surface area contributed by atoms with Gasteiger partial charge < -0.3 is 4.42 Å². The summed E-state index contributed by atoms with van der Waals surface area (Å²) in [5.74, 6) is -3.22. The Kier molecular flexibility index (Phi) is 3.77. The molecule has 22 heavy (non-hydrogen) atoms. The molecule has 0 radical (unpaired) electrons. The summed E-state index contributed by atoms with van der Waals surface area (Å²) in [4.78, 5) is 14.0. The third kappa shape index (κ3) is 2.77. The maximum absolute atomic E-state index is 13.6. The predicted octanol–water partition coefficient (Wildman–Crippen LogP) is 3.58. The standard InChI is InChI=1S/C17H19F2NO2/c1-11-7-13(8-14-15(21)3-6-22-16(11)14)10-20-5-4-17(18,19)12(2)9-20/h3,6-8,12H,4-5,9-10H2,1-2H3/t12-/m1/s1. The number of alkyl halides is 2. The van der Waals surface area contributed by atoms with Crippen molar-refractivity contribution in [1.29, 1.82) is 0 Å². The number of hydrogen-bond acceptors (Lipinski definition) is 3. The summed E-state index contributed by atoms with van der Waals surface area (Å²) in [6.45, 7) is 4.80. The SMILES string of the molecule is Cc1cc(CN2CCC(F)(F)[C@H](C)C2)cc2c(=O)ccoc12. The monoisotopic (exact) mass is 307 g/mol. The largest absolute Gasteiger partial charge is 0.464 e. The highest BCUT2D eigenvalue weighted by Crippen LogP contribution is 2.33. The molecule has 1 aromatic heterocycles. The number of halogens is 2. The van der Waals surface area contributed by atoms with E-state index in [1.165, 1.54) is 12.3 Å². The molecule has 1 saturated heterocycles. The van der Waals surface area contributed by atoms with E-state index in [1.807, 2.05) is 24.0 Å². The van der Waals surface area contributed by atoms with E-state index in [4.69, 9.17) is 4.42 Å². The minimum atomic E-state index is -2.57. The number of rotatable bonds is 2. The molecule has 1 fully saturated rings. The van der Waals surface area contributed by atoms with Crippen LogP contribution >= 0.6 is 0 Å². The van der Waals surface area contributed by atoms with E-state index < -0.39 is 11.8 Å². The van der Waals surface area contributed by atoms with E-state index in [0.717, 1.165) is 11.1 Å². The van der Waals surface area contributed by atoms with Gasteiger partial charge in [0.25, 0.3) is 5.92 Å². The number of fused-ring (bicyclic) bond motifs is 1. The van der Waals surface area contributed by atoms with E-state index in [1.54, 1.807) is 6.92 Å². The second-order valence-corrected chi connectivity index (χ2v) is 6.22. The molecule has 2 aromatic rings. The van der Waals surface area contributed by atoms with Crippen LogP contribution < -0.4 is 5.43 Å². The molecule has 118 valence electrons. The number of likely N-dealkylation sites (tertiary alicyclic amines) is 1. The lowest BCUT2D eigenvalue weighted by Crippen LogP contribution is -2.45. The Morgan fingerprint density at radius 1 is 1.41 bits per heavy atom. The zero-order valence-corrected chi connectivity index (χ0v) is 12.7.